The Morgan fingerprint density at radius 1 is 1.38 bits per heavy atom. The lowest BCUT2D eigenvalue weighted by molar-refractivity contribution is -0.0242. The van der Waals surface area contributed by atoms with Gasteiger partial charge in [-0.15, -0.1) is 0 Å². The molecule has 0 aromatic heterocycles. The second-order valence-electron chi connectivity index (χ2n) is 4.66. The lowest BCUT2D eigenvalue weighted by Gasteiger charge is -2.33. The third-order valence-electron chi connectivity index (χ3n) is 3.01. The summed E-state index contributed by atoms with van der Waals surface area (Å²) in [4.78, 5) is 2.53. The summed E-state index contributed by atoms with van der Waals surface area (Å²) in [5.74, 6) is 1.59. The third-order valence-corrected chi connectivity index (χ3v) is 3.01. The molecular formula is C11H23NO. The van der Waals surface area contributed by atoms with Crippen LogP contribution in [-0.2, 0) is 4.74 Å². The zero-order valence-electron chi connectivity index (χ0n) is 9.42. The van der Waals surface area contributed by atoms with E-state index in [4.69, 9.17) is 4.74 Å². The molecule has 1 rings (SSSR count). The summed E-state index contributed by atoms with van der Waals surface area (Å²) < 4.78 is 5.51. The number of hydrogen-bond donors (Lipinski definition) is 0. The minimum absolute atomic E-state index is 0.424. The molecule has 1 aliphatic rings. The van der Waals surface area contributed by atoms with Crippen molar-refractivity contribution in [2.75, 3.05) is 26.2 Å². The number of rotatable bonds is 3. The fourth-order valence-corrected chi connectivity index (χ4v) is 1.67. The van der Waals surface area contributed by atoms with Crippen LogP contribution >= 0.6 is 0 Å². The fourth-order valence-electron chi connectivity index (χ4n) is 1.67. The summed E-state index contributed by atoms with van der Waals surface area (Å²) in [6.07, 6.45) is 0.424. The molecule has 2 atom stereocenters. The van der Waals surface area contributed by atoms with E-state index in [9.17, 15) is 0 Å². The van der Waals surface area contributed by atoms with Crippen LogP contribution in [0.3, 0.4) is 0 Å². The minimum Gasteiger partial charge on any atom is -0.376 e. The quantitative estimate of drug-likeness (QED) is 0.667. The Kier molecular flexibility index (Phi) is 4.20. The van der Waals surface area contributed by atoms with Crippen LogP contribution in [0.1, 0.15) is 27.7 Å². The van der Waals surface area contributed by atoms with E-state index in [-0.39, 0.29) is 0 Å². The smallest absolute Gasteiger partial charge is 0.0674 e. The molecular weight excluding hydrogens is 162 g/mol. The molecule has 0 saturated carbocycles. The molecule has 1 fully saturated rings. The van der Waals surface area contributed by atoms with Gasteiger partial charge in [-0.25, -0.2) is 0 Å². The van der Waals surface area contributed by atoms with Crippen LogP contribution in [0.2, 0.25) is 0 Å². The van der Waals surface area contributed by atoms with E-state index < -0.39 is 0 Å². The van der Waals surface area contributed by atoms with E-state index in [0.29, 0.717) is 6.10 Å². The summed E-state index contributed by atoms with van der Waals surface area (Å²) in [6.45, 7) is 13.5. The normalized spacial score (nSPS) is 27.9. The monoisotopic (exact) mass is 185 g/mol. The summed E-state index contributed by atoms with van der Waals surface area (Å²) in [6, 6.07) is 0. The molecule has 0 aromatic carbocycles. The van der Waals surface area contributed by atoms with E-state index in [1.807, 2.05) is 0 Å². The lowest BCUT2D eigenvalue weighted by Crippen LogP contribution is -2.43. The van der Waals surface area contributed by atoms with Gasteiger partial charge in [0.25, 0.3) is 0 Å². The van der Waals surface area contributed by atoms with Crippen molar-refractivity contribution >= 4 is 0 Å². The molecule has 0 radical (unpaired) electrons. The largest absolute Gasteiger partial charge is 0.376 e. The van der Waals surface area contributed by atoms with Gasteiger partial charge >= 0.3 is 0 Å². The van der Waals surface area contributed by atoms with Gasteiger partial charge in [-0.3, -0.25) is 4.90 Å². The zero-order valence-corrected chi connectivity index (χ0v) is 9.42. The summed E-state index contributed by atoms with van der Waals surface area (Å²) >= 11 is 0. The van der Waals surface area contributed by atoms with Crippen molar-refractivity contribution < 1.29 is 4.74 Å². The number of ether oxygens (including phenoxy) is 1. The molecule has 0 aliphatic carbocycles. The van der Waals surface area contributed by atoms with Gasteiger partial charge in [0.05, 0.1) is 12.7 Å². The first-order valence-electron chi connectivity index (χ1n) is 5.43. The van der Waals surface area contributed by atoms with Gasteiger partial charge in [0.2, 0.25) is 0 Å². The fraction of sp³-hybridized carbons (Fsp3) is 1.00. The Hall–Kier alpha value is -0.0800. The molecule has 0 aromatic rings. The van der Waals surface area contributed by atoms with E-state index in [0.717, 1.165) is 31.5 Å². The molecule has 78 valence electrons. The van der Waals surface area contributed by atoms with Crippen molar-refractivity contribution in [3.8, 4) is 0 Å². The van der Waals surface area contributed by atoms with Gasteiger partial charge in [-0.2, -0.15) is 0 Å². The molecule has 2 heteroatoms. The van der Waals surface area contributed by atoms with Crippen LogP contribution in [0.5, 0.6) is 0 Å². The first-order chi connectivity index (χ1) is 6.09. The van der Waals surface area contributed by atoms with Gasteiger partial charge in [0, 0.05) is 19.6 Å². The number of hydrogen-bond acceptors (Lipinski definition) is 2. The molecule has 2 nitrogen and oxygen atoms in total. The van der Waals surface area contributed by atoms with Crippen molar-refractivity contribution in [3.05, 3.63) is 0 Å². The SMILES string of the molecule is CC(C)[C@@H](C)CN1CCO[C@H](C)C1. The maximum Gasteiger partial charge on any atom is 0.0674 e. The molecule has 1 saturated heterocycles. The predicted molar refractivity (Wildman–Crippen MR) is 55.9 cm³/mol. The van der Waals surface area contributed by atoms with Gasteiger partial charge in [-0.1, -0.05) is 20.8 Å². The Labute approximate surface area is 82.3 Å². The molecule has 0 N–H and O–H groups in total. The van der Waals surface area contributed by atoms with Gasteiger partial charge in [0.1, 0.15) is 0 Å². The molecule has 0 bridgehead atoms. The molecule has 0 spiro atoms. The summed E-state index contributed by atoms with van der Waals surface area (Å²) in [5, 5.41) is 0. The predicted octanol–water partition coefficient (Wildman–Crippen LogP) is 2.00. The summed E-state index contributed by atoms with van der Waals surface area (Å²) in [7, 11) is 0. The standard InChI is InChI=1S/C11H23NO/c1-9(2)10(3)7-12-5-6-13-11(4)8-12/h9-11H,5-8H2,1-4H3/t10-,11+/m0/s1. The van der Waals surface area contributed by atoms with Crippen molar-refractivity contribution in [1.82, 2.24) is 4.90 Å². The van der Waals surface area contributed by atoms with Gasteiger partial charge < -0.3 is 4.74 Å². The first-order valence-corrected chi connectivity index (χ1v) is 5.43. The minimum atomic E-state index is 0.424. The molecule has 1 heterocycles. The van der Waals surface area contributed by atoms with Crippen LogP contribution in [0.4, 0.5) is 0 Å². The van der Waals surface area contributed by atoms with E-state index >= 15 is 0 Å². The highest BCUT2D eigenvalue weighted by atomic mass is 16.5. The van der Waals surface area contributed by atoms with E-state index in [2.05, 4.69) is 32.6 Å². The lowest BCUT2D eigenvalue weighted by atomic mass is 9.97. The van der Waals surface area contributed by atoms with E-state index in [1.54, 1.807) is 0 Å². The topological polar surface area (TPSA) is 12.5 Å². The Balaban J connectivity index is 2.27. The highest BCUT2D eigenvalue weighted by Crippen LogP contribution is 2.13. The third kappa shape index (κ3) is 3.65. The second-order valence-corrected chi connectivity index (χ2v) is 4.66. The average molecular weight is 185 g/mol. The molecule has 13 heavy (non-hydrogen) atoms. The molecule has 1 aliphatic heterocycles. The Morgan fingerprint density at radius 3 is 2.62 bits per heavy atom. The van der Waals surface area contributed by atoms with Gasteiger partial charge in [-0.05, 0) is 18.8 Å². The number of morpholine rings is 1. The number of nitrogens with zero attached hydrogens (tertiary/aromatic N) is 1. The Bertz CT molecular complexity index is 147. The molecule has 0 amide bonds. The average Bonchev–Trinajstić information content (AvgIpc) is 2.04. The second kappa shape index (κ2) is 4.97. The van der Waals surface area contributed by atoms with Crippen LogP contribution < -0.4 is 0 Å². The summed E-state index contributed by atoms with van der Waals surface area (Å²) in [5.41, 5.74) is 0. The van der Waals surface area contributed by atoms with Crippen molar-refractivity contribution in [1.29, 1.82) is 0 Å². The highest BCUT2D eigenvalue weighted by Gasteiger charge is 2.19. The van der Waals surface area contributed by atoms with Crippen LogP contribution in [0, 0.1) is 11.8 Å². The Morgan fingerprint density at radius 2 is 2.08 bits per heavy atom. The highest BCUT2D eigenvalue weighted by molar-refractivity contribution is 4.71. The van der Waals surface area contributed by atoms with Crippen LogP contribution in [0.15, 0.2) is 0 Å². The first kappa shape index (κ1) is 11.0. The maximum atomic E-state index is 5.51. The zero-order chi connectivity index (χ0) is 9.84. The maximum absolute atomic E-state index is 5.51. The van der Waals surface area contributed by atoms with Gasteiger partial charge in [0.15, 0.2) is 0 Å². The van der Waals surface area contributed by atoms with E-state index in [1.165, 1.54) is 6.54 Å². The van der Waals surface area contributed by atoms with Crippen molar-refractivity contribution in [2.45, 2.75) is 33.8 Å². The van der Waals surface area contributed by atoms with Crippen LogP contribution in [-0.4, -0.2) is 37.2 Å². The van der Waals surface area contributed by atoms with Crippen LogP contribution in [0.25, 0.3) is 0 Å². The van der Waals surface area contributed by atoms with Crippen molar-refractivity contribution in [2.24, 2.45) is 11.8 Å². The van der Waals surface area contributed by atoms with Crippen molar-refractivity contribution in [3.63, 3.8) is 0 Å². The molecule has 0 unspecified atom stereocenters.